The standard InChI is InChI=1S/C19H24N4O2/c1-14(10-15-4-6-17(25-3)7-5-15)11-20-18-8-9-23(19(18)24)16-12-21-22(2)13-16/h4-7,10,12-13,18,20H,8-9,11H2,1-3H3/b14-10+. The molecule has 2 aromatic rings. The van der Waals surface area contributed by atoms with Crippen LogP contribution in [0.4, 0.5) is 5.69 Å². The Labute approximate surface area is 148 Å². The summed E-state index contributed by atoms with van der Waals surface area (Å²) < 4.78 is 6.88. The Morgan fingerprint density at radius 2 is 2.16 bits per heavy atom. The van der Waals surface area contributed by atoms with Crippen molar-refractivity contribution < 1.29 is 9.53 Å². The lowest BCUT2D eigenvalue weighted by Crippen LogP contribution is -2.38. The number of nitrogens with zero attached hydrogens (tertiary/aromatic N) is 3. The molecule has 1 unspecified atom stereocenters. The number of hydrogen-bond donors (Lipinski definition) is 1. The molecule has 1 aromatic carbocycles. The molecule has 1 amide bonds. The maximum Gasteiger partial charge on any atom is 0.244 e. The maximum absolute atomic E-state index is 12.5. The second-order valence-electron chi connectivity index (χ2n) is 6.35. The summed E-state index contributed by atoms with van der Waals surface area (Å²) in [6.07, 6.45) is 6.53. The zero-order chi connectivity index (χ0) is 17.8. The Morgan fingerprint density at radius 1 is 1.40 bits per heavy atom. The zero-order valence-corrected chi connectivity index (χ0v) is 14.9. The molecule has 6 nitrogen and oxygen atoms in total. The van der Waals surface area contributed by atoms with Crippen molar-refractivity contribution in [1.82, 2.24) is 15.1 Å². The highest BCUT2D eigenvalue weighted by Crippen LogP contribution is 2.21. The van der Waals surface area contributed by atoms with Gasteiger partial charge in [-0.05, 0) is 31.0 Å². The predicted molar refractivity (Wildman–Crippen MR) is 98.6 cm³/mol. The number of rotatable bonds is 6. The predicted octanol–water partition coefficient (Wildman–Crippen LogP) is 2.23. The number of carbonyl (C=O) groups excluding carboxylic acids is 1. The number of benzene rings is 1. The Kier molecular flexibility index (Phi) is 5.19. The van der Waals surface area contributed by atoms with E-state index in [9.17, 15) is 4.79 Å². The quantitative estimate of drug-likeness (QED) is 0.876. The molecule has 1 fully saturated rings. The van der Waals surface area contributed by atoms with Crippen molar-refractivity contribution >= 4 is 17.7 Å². The van der Waals surface area contributed by atoms with Gasteiger partial charge in [-0.1, -0.05) is 23.8 Å². The summed E-state index contributed by atoms with van der Waals surface area (Å²) in [5.74, 6) is 0.963. The molecule has 1 aliphatic rings. The third-order valence-corrected chi connectivity index (χ3v) is 4.36. The van der Waals surface area contributed by atoms with E-state index in [0.29, 0.717) is 6.54 Å². The summed E-state index contributed by atoms with van der Waals surface area (Å²) in [7, 11) is 3.51. The van der Waals surface area contributed by atoms with Crippen LogP contribution >= 0.6 is 0 Å². The van der Waals surface area contributed by atoms with Gasteiger partial charge in [0.15, 0.2) is 0 Å². The van der Waals surface area contributed by atoms with Gasteiger partial charge >= 0.3 is 0 Å². The lowest BCUT2D eigenvalue weighted by atomic mass is 10.1. The van der Waals surface area contributed by atoms with Crippen molar-refractivity contribution in [3.8, 4) is 5.75 Å². The molecule has 0 saturated carbocycles. The molecule has 0 radical (unpaired) electrons. The van der Waals surface area contributed by atoms with Gasteiger partial charge in [0.25, 0.3) is 0 Å². The second kappa shape index (κ2) is 7.53. The van der Waals surface area contributed by atoms with Crippen molar-refractivity contribution in [2.45, 2.75) is 19.4 Å². The molecule has 6 heteroatoms. The average Bonchev–Trinajstić information content (AvgIpc) is 3.19. The normalized spacial score (nSPS) is 18.0. The molecule has 0 aliphatic carbocycles. The summed E-state index contributed by atoms with van der Waals surface area (Å²) in [5.41, 5.74) is 3.16. The summed E-state index contributed by atoms with van der Waals surface area (Å²) >= 11 is 0. The smallest absolute Gasteiger partial charge is 0.244 e. The number of ether oxygens (including phenoxy) is 1. The molecule has 1 saturated heterocycles. The van der Waals surface area contributed by atoms with E-state index in [4.69, 9.17) is 4.74 Å². The molecule has 0 spiro atoms. The van der Waals surface area contributed by atoms with Crippen molar-refractivity contribution in [1.29, 1.82) is 0 Å². The van der Waals surface area contributed by atoms with E-state index in [1.54, 1.807) is 22.9 Å². The second-order valence-corrected chi connectivity index (χ2v) is 6.35. The van der Waals surface area contributed by atoms with E-state index in [0.717, 1.165) is 30.0 Å². The van der Waals surface area contributed by atoms with E-state index in [1.165, 1.54) is 5.57 Å². The van der Waals surface area contributed by atoms with Gasteiger partial charge in [0.1, 0.15) is 5.75 Å². The van der Waals surface area contributed by atoms with E-state index >= 15 is 0 Å². The van der Waals surface area contributed by atoms with E-state index in [2.05, 4.69) is 23.4 Å². The Bertz CT molecular complexity index is 764. The largest absolute Gasteiger partial charge is 0.497 e. The van der Waals surface area contributed by atoms with E-state index in [1.807, 2.05) is 37.5 Å². The molecule has 1 aromatic heterocycles. The first-order chi connectivity index (χ1) is 12.1. The van der Waals surface area contributed by atoms with Crippen LogP contribution in [0.25, 0.3) is 6.08 Å². The lowest BCUT2D eigenvalue weighted by Gasteiger charge is -2.15. The van der Waals surface area contributed by atoms with Gasteiger partial charge in [0.05, 0.1) is 25.0 Å². The summed E-state index contributed by atoms with van der Waals surface area (Å²) in [5, 5.41) is 7.51. The van der Waals surface area contributed by atoms with Crippen LogP contribution in [0, 0.1) is 0 Å². The topological polar surface area (TPSA) is 59.4 Å². The average molecular weight is 340 g/mol. The van der Waals surface area contributed by atoms with Gasteiger partial charge in [-0.3, -0.25) is 9.48 Å². The fraction of sp³-hybridized carbons (Fsp3) is 0.368. The van der Waals surface area contributed by atoms with Crippen molar-refractivity contribution in [3.63, 3.8) is 0 Å². The Hall–Kier alpha value is -2.60. The molecule has 1 atom stereocenters. The zero-order valence-electron chi connectivity index (χ0n) is 14.9. The van der Waals surface area contributed by atoms with E-state index < -0.39 is 0 Å². The first-order valence-corrected chi connectivity index (χ1v) is 8.41. The van der Waals surface area contributed by atoms with Gasteiger partial charge in [0.2, 0.25) is 5.91 Å². The lowest BCUT2D eigenvalue weighted by molar-refractivity contribution is -0.118. The Balaban J connectivity index is 1.56. The first-order valence-electron chi connectivity index (χ1n) is 8.41. The highest BCUT2D eigenvalue weighted by atomic mass is 16.5. The fourth-order valence-electron chi connectivity index (χ4n) is 2.99. The number of nitrogens with one attached hydrogen (secondary N) is 1. The van der Waals surface area contributed by atoms with Gasteiger partial charge in [-0.2, -0.15) is 5.10 Å². The van der Waals surface area contributed by atoms with Gasteiger partial charge in [0, 0.05) is 26.3 Å². The molecule has 1 N–H and O–H groups in total. The molecule has 1 aliphatic heterocycles. The van der Waals surface area contributed by atoms with Crippen LogP contribution in [0.3, 0.4) is 0 Å². The summed E-state index contributed by atoms with van der Waals surface area (Å²) in [6.45, 7) is 3.47. The van der Waals surface area contributed by atoms with Crippen LogP contribution in [-0.4, -0.2) is 41.9 Å². The Morgan fingerprint density at radius 3 is 2.80 bits per heavy atom. The van der Waals surface area contributed by atoms with Crippen LogP contribution in [0.2, 0.25) is 0 Å². The highest BCUT2D eigenvalue weighted by molar-refractivity contribution is 5.99. The number of aromatic nitrogens is 2. The number of anilines is 1. The molecule has 0 bridgehead atoms. The number of amides is 1. The molecule has 25 heavy (non-hydrogen) atoms. The number of methoxy groups -OCH3 is 1. The van der Waals surface area contributed by atoms with Crippen LogP contribution in [-0.2, 0) is 11.8 Å². The van der Waals surface area contributed by atoms with Crippen molar-refractivity contribution in [2.75, 3.05) is 25.1 Å². The molecular weight excluding hydrogens is 316 g/mol. The minimum Gasteiger partial charge on any atom is -0.497 e. The van der Waals surface area contributed by atoms with Crippen LogP contribution in [0.15, 0.2) is 42.2 Å². The number of carbonyl (C=O) groups is 1. The SMILES string of the molecule is COc1ccc(/C=C(\C)CNC2CCN(c3cnn(C)c3)C2=O)cc1. The highest BCUT2D eigenvalue weighted by Gasteiger charge is 2.32. The third-order valence-electron chi connectivity index (χ3n) is 4.36. The number of aryl methyl sites for hydroxylation is 1. The van der Waals surface area contributed by atoms with Crippen molar-refractivity contribution in [3.05, 3.63) is 47.8 Å². The summed E-state index contributed by atoms with van der Waals surface area (Å²) in [6, 6.07) is 7.79. The minimum atomic E-state index is -0.139. The molecule has 132 valence electrons. The first kappa shape index (κ1) is 17.2. The molecule has 2 heterocycles. The van der Waals surface area contributed by atoms with Crippen LogP contribution in [0.1, 0.15) is 18.9 Å². The van der Waals surface area contributed by atoms with Gasteiger partial charge < -0.3 is 15.0 Å². The third kappa shape index (κ3) is 4.09. The van der Waals surface area contributed by atoms with Crippen LogP contribution in [0.5, 0.6) is 5.75 Å². The van der Waals surface area contributed by atoms with E-state index in [-0.39, 0.29) is 11.9 Å². The molecule has 3 rings (SSSR count). The monoisotopic (exact) mass is 340 g/mol. The maximum atomic E-state index is 12.5. The van der Waals surface area contributed by atoms with Gasteiger partial charge in [-0.25, -0.2) is 0 Å². The minimum absolute atomic E-state index is 0.116. The fourth-order valence-corrected chi connectivity index (χ4v) is 2.99. The van der Waals surface area contributed by atoms with Gasteiger partial charge in [-0.15, -0.1) is 0 Å². The van der Waals surface area contributed by atoms with Crippen LogP contribution < -0.4 is 15.0 Å². The summed E-state index contributed by atoms with van der Waals surface area (Å²) in [4.78, 5) is 14.3. The number of hydrogen-bond acceptors (Lipinski definition) is 4. The molecular formula is C19H24N4O2. The van der Waals surface area contributed by atoms with Crippen molar-refractivity contribution in [2.24, 2.45) is 7.05 Å².